The van der Waals surface area contributed by atoms with Gasteiger partial charge in [0.15, 0.2) is 17.7 Å². The van der Waals surface area contributed by atoms with Gasteiger partial charge in [-0.3, -0.25) is 4.79 Å². The Morgan fingerprint density at radius 3 is 2.62 bits per heavy atom. The summed E-state index contributed by atoms with van der Waals surface area (Å²) in [4.78, 5) is 26.9. The van der Waals surface area contributed by atoms with E-state index < -0.39 is 18.0 Å². The van der Waals surface area contributed by atoms with Gasteiger partial charge in [-0.05, 0) is 31.0 Å². The van der Waals surface area contributed by atoms with Crippen molar-refractivity contribution in [2.24, 2.45) is 0 Å². The summed E-state index contributed by atoms with van der Waals surface area (Å²) >= 11 is 0. The third kappa shape index (κ3) is 3.87. The average molecular weight is 404 g/mol. The lowest BCUT2D eigenvalue weighted by Gasteiger charge is -2.35. The number of rotatable bonds is 4. The summed E-state index contributed by atoms with van der Waals surface area (Å²) in [6.07, 6.45) is -0.0397. The highest BCUT2D eigenvalue weighted by molar-refractivity contribution is 5.83. The Kier molecular flexibility index (Phi) is 5.08. The van der Waals surface area contributed by atoms with Gasteiger partial charge >= 0.3 is 6.09 Å². The SMILES string of the molecule is Cc1nnc(-c2ccc(OC3CCN(C4CCN(C(=O)O)CC4)C3=O)c(F)c2)o1. The highest BCUT2D eigenvalue weighted by atomic mass is 19.1. The summed E-state index contributed by atoms with van der Waals surface area (Å²) < 4.78 is 25.4. The summed E-state index contributed by atoms with van der Waals surface area (Å²) in [5.74, 6) is -0.213. The zero-order valence-electron chi connectivity index (χ0n) is 15.9. The van der Waals surface area contributed by atoms with Crippen molar-refractivity contribution in [1.82, 2.24) is 20.0 Å². The van der Waals surface area contributed by atoms with E-state index in [4.69, 9.17) is 14.3 Å². The lowest BCUT2D eigenvalue weighted by Crippen LogP contribution is -2.48. The van der Waals surface area contributed by atoms with Gasteiger partial charge in [0.1, 0.15) is 0 Å². The minimum atomic E-state index is -0.938. The molecule has 10 heteroatoms. The Bertz CT molecular complexity index is 925. The molecule has 0 aliphatic carbocycles. The summed E-state index contributed by atoms with van der Waals surface area (Å²) in [6.45, 7) is 2.97. The quantitative estimate of drug-likeness (QED) is 0.833. The van der Waals surface area contributed by atoms with Crippen LogP contribution in [0.4, 0.5) is 9.18 Å². The van der Waals surface area contributed by atoms with Gasteiger partial charge in [0.25, 0.3) is 5.91 Å². The van der Waals surface area contributed by atoms with Gasteiger partial charge in [-0.2, -0.15) is 0 Å². The predicted octanol–water partition coefficient (Wildman–Crippen LogP) is 2.31. The third-order valence-electron chi connectivity index (χ3n) is 5.34. The molecule has 29 heavy (non-hydrogen) atoms. The molecular weight excluding hydrogens is 383 g/mol. The number of aryl methyl sites for hydroxylation is 1. The number of hydrogen-bond acceptors (Lipinski definition) is 6. The van der Waals surface area contributed by atoms with Crippen LogP contribution in [0, 0.1) is 12.7 Å². The number of carbonyl (C=O) groups is 2. The molecular formula is C19H21FN4O5. The zero-order chi connectivity index (χ0) is 20.5. The van der Waals surface area contributed by atoms with Crippen molar-refractivity contribution in [2.45, 2.75) is 38.3 Å². The number of aromatic nitrogens is 2. The number of carboxylic acid groups (broad SMARTS) is 1. The first-order chi connectivity index (χ1) is 13.9. The van der Waals surface area contributed by atoms with E-state index in [1.807, 2.05) is 0 Å². The molecule has 0 spiro atoms. The molecule has 2 aromatic rings. The molecule has 1 aromatic heterocycles. The molecule has 0 saturated carbocycles. The molecule has 9 nitrogen and oxygen atoms in total. The number of hydrogen-bond donors (Lipinski definition) is 1. The Morgan fingerprint density at radius 2 is 2.00 bits per heavy atom. The molecule has 1 aromatic carbocycles. The highest BCUT2D eigenvalue weighted by Crippen LogP contribution is 2.29. The van der Waals surface area contributed by atoms with E-state index in [-0.39, 0.29) is 23.6 Å². The van der Waals surface area contributed by atoms with Crippen molar-refractivity contribution in [2.75, 3.05) is 19.6 Å². The molecule has 2 amide bonds. The summed E-state index contributed by atoms with van der Waals surface area (Å²) in [7, 11) is 0. The molecule has 0 radical (unpaired) electrons. The smallest absolute Gasteiger partial charge is 0.407 e. The van der Waals surface area contributed by atoms with Crippen LogP contribution in [0.3, 0.4) is 0 Å². The van der Waals surface area contributed by atoms with Crippen molar-refractivity contribution in [1.29, 1.82) is 0 Å². The van der Waals surface area contributed by atoms with Crippen molar-refractivity contribution in [3.8, 4) is 17.2 Å². The maximum Gasteiger partial charge on any atom is 0.407 e. The first-order valence-corrected chi connectivity index (χ1v) is 9.47. The standard InChI is InChI=1S/C19H21FN4O5/c1-11-21-22-17(28-11)12-2-3-15(14(20)10-12)29-16-6-9-24(18(16)25)13-4-7-23(8-5-13)19(26)27/h2-3,10,13,16H,4-9H2,1H3,(H,26,27). The van der Waals surface area contributed by atoms with E-state index in [1.54, 1.807) is 17.9 Å². The number of piperidine rings is 1. The normalized spacial score (nSPS) is 20.3. The number of likely N-dealkylation sites (tertiary alicyclic amines) is 2. The molecule has 4 rings (SSSR count). The second-order valence-corrected chi connectivity index (χ2v) is 7.20. The maximum atomic E-state index is 14.5. The van der Waals surface area contributed by atoms with E-state index in [2.05, 4.69) is 10.2 Å². The second-order valence-electron chi connectivity index (χ2n) is 7.20. The molecule has 0 bridgehead atoms. The van der Waals surface area contributed by atoms with Gasteiger partial charge < -0.3 is 24.1 Å². The molecule has 1 atom stereocenters. The molecule has 2 aliphatic rings. The number of benzene rings is 1. The van der Waals surface area contributed by atoms with Gasteiger partial charge in [-0.15, -0.1) is 10.2 Å². The topological polar surface area (TPSA) is 109 Å². The molecule has 154 valence electrons. The van der Waals surface area contributed by atoms with Gasteiger partial charge in [0.2, 0.25) is 11.8 Å². The predicted molar refractivity (Wildman–Crippen MR) is 97.8 cm³/mol. The molecule has 2 aliphatic heterocycles. The first-order valence-electron chi connectivity index (χ1n) is 9.47. The van der Waals surface area contributed by atoms with Crippen LogP contribution in [0.2, 0.25) is 0 Å². The molecule has 2 fully saturated rings. The van der Waals surface area contributed by atoms with Gasteiger partial charge in [-0.1, -0.05) is 0 Å². The lowest BCUT2D eigenvalue weighted by atomic mass is 10.0. The Morgan fingerprint density at radius 1 is 1.24 bits per heavy atom. The Balaban J connectivity index is 1.39. The number of halogens is 1. The van der Waals surface area contributed by atoms with E-state index in [0.717, 1.165) is 0 Å². The Labute approximate surface area is 166 Å². The average Bonchev–Trinajstić information content (AvgIpc) is 3.29. The maximum absolute atomic E-state index is 14.5. The number of ether oxygens (including phenoxy) is 1. The molecule has 1 N–H and O–H groups in total. The largest absolute Gasteiger partial charge is 0.477 e. The van der Waals surface area contributed by atoms with Crippen molar-refractivity contribution < 1.29 is 28.2 Å². The van der Waals surface area contributed by atoms with Crippen molar-refractivity contribution in [3.05, 3.63) is 29.9 Å². The Hall–Kier alpha value is -3.17. The number of nitrogens with zero attached hydrogens (tertiary/aromatic N) is 4. The fourth-order valence-corrected chi connectivity index (χ4v) is 3.81. The van der Waals surface area contributed by atoms with E-state index in [1.165, 1.54) is 17.0 Å². The monoisotopic (exact) mass is 404 g/mol. The highest BCUT2D eigenvalue weighted by Gasteiger charge is 2.39. The van der Waals surface area contributed by atoms with Crippen LogP contribution in [0.25, 0.3) is 11.5 Å². The van der Waals surface area contributed by atoms with Crippen LogP contribution in [-0.4, -0.2) is 68.9 Å². The summed E-state index contributed by atoms with van der Waals surface area (Å²) in [6, 6.07) is 4.27. The lowest BCUT2D eigenvalue weighted by molar-refractivity contribution is -0.136. The fourth-order valence-electron chi connectivity index (χ4n) is 3.81. The number of amides is 2. The molecule has 1 unspecified atom stereocenters. The van der Waals surface area contributed by atoms with Gasteiger partial charge in [-0.25, -0.2) is 9.18 Å². The molecule has 3 heterocycles. The summed E-state index contributed by atoms with van der Waals surface area (Å²) in [5, 5.41) is 16.6. The first kappa shape index (κ1) is 19.2. The van der Waals surface area contributed by atoms with E-state index in [0.29, 0.717) is 50.4 Å². The van der Waals surface area contributed by atoms with Crippen LogP contribution < -0.4 is 4.74 Å². The van der Waals surface area contributed by atoms with Crippen LogP contribution in [0.5, 0.6) is 5.75 Å². The van der Waals surface area contributed by atoms with Crippen LogP contribution in [0.1, 0.15) is 25.2 Å². The third-order valence-corrected chi connectivity index (χ3v) is 5.34. The van der Waals surface area contributed by atoms with Gasteiger partial charge in [0.05, 0.1) is 0 Å². The van der Waals surface area contributed by atoms with Gasteiger partial charge in [0, 0.05) is 44.6 Å². The second kappa shape index (κ2) is 7.69. The summed E-state index contributed by atoms with van der Waals surface area (Å²) in [5.41, 5.74) is 0.431. The minimum Gasteiger partial charge on any atom is -0.477 e. The number of carbonyl (C=O) groups excluding carboxylic acids is 1. The zero-order valence-corrected chi connectivity index (χ0v) is 15.9. The minimum absolute atomic E-state index is 0.00844. The fraction of sp³-hybridized carbons (Fsp3) is 0.474. The van der Waals surface area contributed by atoms with Crippen molar-refractivity contribution >= 4 is 12.0 Å². The van der Waals surface area contributed by atoms with Crippen molar-refractivity contribution in [3.63, 3.8) is 0 Å². The van der Waals surface area contributed by atoms with Crippen LogP contribution in [0.15, 0.2) is 22.6 Å². The van der Waals surface area contributed by atoms with Crippen LogP contribution in [-0.2, 0) is 4.79 Å². The van der Waals surface area contributed by atoms with E-state index >= 15 is 0 Å². The molecule has 2 saturated heterocycles. The van der Waals surface area contributed by atoms with Crippen LogP contribution >= 0.6 is 0 Å². The van der Waals surface area contributed by atoms with E-state index in [9.17, 15) is 14.0 Å².